The molecule has 1 aliphatic rings. The molecule has 0 spiro atoms. The second kappa shape index (κ2) is 4.30. The summed E-state index contributed by atoms with van der Waals surface area (Å²) >= 11 is 0. The molecule has 0 saturated heterocycles. The van der Waals surface area contributed by atoms with Crippen molar-refractivity contribution in [3.05, 3.63) is 55.3 Å². The maximum Gasteiger partial charge on any atom is 0.253 e. The molecule has 3 rings (SSSR count). The lowest BCUT2D eigenvalue weighted by molar-refractivity contribution is 0.0992. The molecule has 2 aromatic carbocycles. The molecule has 1 aliphatic heterocycles. The van der Waals surface area contributed by atoms with E-state index in [-0.39, 0.29) is 23.7 Å². The van der Waals surface area contributed by atoms with Crippen molar-refractivity contribution in [2.45, 2.75) is 19.9 Å². The average Bonchev–Trinajstić information content (AvgIpc) is 2.46. The van der Waals surface area contributed by atoms with E-state index in [1.807, 2.05) is 25.1 Å². The second-order valence-corrected chi connectivity index (χ2v) is 5.04. The topological polar surface area (TPSA) is 80.5 Å². The molecule has 0 radical (unpaired) electrons. The SMILES string of the molecule is CCc1ccc2c(c1)CN(c1c(N)c(=O)c1=O)CC2=O. The minimum Gasteiger partial charge on any atom is -0.394 e. The number of hydrogen-bond donors (Lipinski definition) is 1. The number of fused-ring (bicyclic) bond motifs is 1. The maximum absolute atomic E-state index is 12.1. The predicted octanol–water partition coefficient (Wildman–Crippen LogP) is 0.630. The average molecular weight is 270 g/mol. The van der Waals surface area contributed by atoms with Crippen molar-refractivity contribution < 1.29 is 4.79 Å². The molecule has 0 amide bonds. The number of benzene rings is 1. The highest BCUT2D eigenvalue weighted by Crippen LogP contribution is 2.26. The van der Waals surface area contributed by atoms with Gasteiger partial charge in [0, 0.05) is 12.1 Å². The maximum atomic E-state index is 12.1. The van der Waals surface area contributed by atoms with Gasteiger partial charge in [-0.05, 0) is 17.5 Å². The van der Waals surface area contributed by atoms with E-state index < -0.39 is 10.9 Å². The molecular weight excluding hydrogens is 256 g/mol. The zero-order chi connectivity index (χ0) is 14.4. The number of anilines is 2. The van der Waals surface area contributed by atoms with E-state index in [2.05, 4.69) is 0 Å². The summed E-state index contributed by atoms with van der Waals surface area (Å²) in [4.78, 5) is 36.5. The van der Waals surface area contributed by atoms with Gasteiger partial charge >= 0.3 is 0 Å². The van der Waals surface area contributed by atoms with Crippen LogP contribution >= 0.6 is 0 Å². The smallest absolute Gasteiger partial charge is 0.253 e. The lowest BCUT2D eigenvalue weighted by atomic mass is 9.95. The third-order valence-corrected chi connectivity index (χ3v) is 3.81. The Morgan fingerprint density at radius 1 is 1.15 bits per heavy atom. The van der Waals surface area contributed by atoms with Gasteiger partial charge in [0.25, 0.3) is 10.9 Å². The van der Waals surface area contributed by atoms with Crippen LogP contribution in [-0.2, 0) is 13.0 Å². The van der Waals surface area contributed by atoms with Crippen LogP contribution in [0, 0.1) is 0 Å². The first-order valence-corrected chi connectivity index (χ1v) is 6.51. The Hall–Kier alpha value is -2.43. The third kappa shape index (κ3) is 1.66. The Morgan fingerprint density at radius 2 is 1.90 bits per heavy atom. The van der Waals surface area contributed by atoms with Crippen LogP contribution in [0.3, 0.4) is 0 Å². The monoisotopic (exact) mass is 270 g/mol. The number of carbonyl (C=O) groups is 1. The third-order valence-electron chi connectivity index (χ3n) is 3.81. The van der Waals surface area contributed by atoms with Gasteiger partial charge in [0.05, 0.1) is 6.54 Å². The van der Waals surface area contributed by atoms with Crippen molar-refractivity contribution in [3.8, 4) is 0 Å². The predicted molar refractivity (Wildman–Crippen MR) is 77.0 cm³/mol. The van der Waals surface area contributed by atoms with Gasteiger partial charge in [0.1, 0.15) is 11.4 Å². The second-order valence-electron chi connectivity index (χ2n) is 5.04. The van der Waals surface area contributed by atoms with Gasteiger partial charge in [0.2, 0.25) is 0 Å². The minimum atomic E-state index is -0.652. The van der Waals surface area contributed by atoms with Crippen LogP contribution in [0.4, 0.5) is 11.4 Å². The number of nitrogens with two attached hydrogens (primary N) is 1. The van der Waals surface area contributed by atoms with E-state index in [0.717, 1.165) is 17.5 Å². The molecule has 102 valence electrons. The first-order chi connectivity index (χ1) is 9.52. The largest absolute Gasteiger partial charge is 0.394 e. The highest BCUT2D eigenvalue weighted by Gasteiger charge is 2.30. The first kappa shape index (κ1) is 12.6. The summed E-state index contributed by atoms with van der Waals surface area (Å²) in [6.45, 7) is 2.57. The van der Waals surface area contributed by atoms with Crippen molar-refractivity contribution in [2.75, 3.05) is 17.2 Å². The number of nitrogen functional groups attached to an aromatic ring is 1. The van der Waals surface area contributed by atoms with E-state index in [1.165, 1.54) is 0 Å². The molecule has 0 fully saturated rings. The molecule has 0 unspecified atom stereocenters. The first-order valence-electron chi connectivity index (χ1n) is 6.51. The molecule has 0 bridgehead atoms. The molecule has 0 aromatic heterocycles. The number of carbonyl (C=O) groups excluding carboxylic acids is 1. The molecule has 0 aliphatic carbocycles. The lowest BCUT2D eigenvalue weighted by Crippen LogP contribution is -2.46. The molecular formula is C15H14N2O3. The van der Waals surface area contributed by atoms with Crippen LogP contribution in [0.5, 0.6) is 0 Å². The van der Waals surface area contributed by atoms with Crippen LogP contribution in [0.2, 0.25) is 0 Å². The standard InChI is InChI=1S/C15H14N2O3/c1-2-8-3-4-10-9(5-8)6-17(7-11(10)18)13-12(16)14(19)15(13)20/h3-5H,2,6-7,16H2,1H3. The zero-order valence-corrected chi connectivity index (χ0v) is 11.1. The number of ketones is 1. The van der Waals surface area contributed by atoms with Crippen LogP contribution in [-0.4, -0.2) is 12.3 Å². The van der Waals surface area contributed by atoms with Gasteiger partial charge in [-0.15, -0.1) is 0 Å². The van der Waals surface area contributed by atoms with Gasteiger partial charge < -0.3 is 10.6 Å². The summed E-state index contributed by atoms with van der Waals surface area (Å²) in [7, 11) is 0. The summed E-state index contributed by atoms with van der Waals surface area (Å²) in [6.07, 6.45) is 0.879. The van der Waals surface area contributed by atoms with Crippen molar-refractivity contribution in [3.63, 3.8) is 0 Å². The van der Waals surface area contributed by atoms with E-state index in [4.69, 9.17) is 5.73 Å². The normalized spacial score (nSPS) is 14.7. The van der Waals surface area contributed by atoms with Crippen molar-refractivity contribution >= 4 is 17.2 Å². The Bertz CT molecular complexity index is 785. The highest BCUT2D eigenvalue weighted by molar-refractivity contribution is 6.02. The quantitative estimate of drug-likeness (QED) is 0.810. The summed E-state index contributed by atoms with van der Waals surface area (Å²) < 4.78 is 0. The number of Topliss-reactive ketones (excluding diaryl/α,β-unsaturated/α-hetero) is 1. The number of nitrogens with zero attached hydrogens (tertiary/aromatic N) is 1. The number of rotatable bonds is 2. The van der Waals surface area contributed by atoms with Crippen molar-refractivity contribution in [2.24, 2.45) is 0 Å². The van der Waals surface area contributed by atoms with Crippen LogP contribution in [0.25, 0.3) is 0 Å². The summed E-state index contributed by atoms with van der Waals surface area (Å²) in [5.74, 6) is -0.0543. The Kier molecular flexibility index (Phi) is 2.71. The van der Waals surface area contributed by atoms with Gasteiger partial charge in [0.15, 0.2) is 5.78 Å². The Morgan fingerprint density at radius 3 is 2.55 bits per heavy atom. The van der Waals surface area contributed by atoms with Gasteiger partial charge in [-0.1, -0.05) is 25.1 Å². The summed E-state index contributed by atoms with van der Waals surface area (Å²) in [6, 6.07) is 5.75. The van der Waals surface area contributed by atoms with Crippen molar-refractivity contribution in [1.29, 1.82) is 0 Å². The Labute approximate surface area is 115 Å². The zero-order valence-electron chi connectivity index (χ0n) is 11.1. The van der Waals surface area contributed by atoms with Crippen LogP contribution in [0.15, 0.2) is 27.8 Å². The van der Waals surface area contributed by atoms with E-state index in [9.17, 15) is 14.4 Å². The molecule has 2 aromatic rings. The van der Waals surface area contributed by atoms with Crippen molar-refractivity contribution in [1.82, 2.24) is 0 Å². The van der Waals surface area contributed by atoms with E-state index in [1.54, 1.807) is 4.90 Å². The Balaban J connectivity index is 2.02. The molecule has 5 nitrogen and oxygen atoms in total. The minimum absolute atomic E-state index is 0.0297. The van der Waals surface area contributed by atoms with E-state index >= 15 is 0 Å². The molecule has 1 heterocycles. The highest BCUT2D eigenvalue weighted by atomic mass is 16.2. The molecule has 0 saturated carbocycles. The molecule has 0 atom stereocenters. The lowest BCUT2D eigenvalue weighted by Gasteiger charge is -2.30. The molecule has 20 heavy (non-hydrogen) atoms. The van der Waals surface area contributed by atoms with Crippen LogP contribution < -0.4 is 21.5 Å². The van der Waals surface area contributed by atoms with Gasteiger partial charge in [-0.25, -0.2) is 0 Å². The fraction of sp³-hybridized carbons (Fsp3) is 0.267. The molecule has 2 N–H and O–H groups in total. The van der Waals surface area contributed by atoms with Gasteiger partial charge in [-0.2, -0.15) is 0 Å². The fourth-order valence-electron chi connectivity index (χ4n) is 2.66. The summed E-state index contributed by atoms with van der Waals surface area (Å²) in [5.41, 5.74) is 7.19. The fourth-order valence-corrected chi connectivity index (χ4v) is 2.66. The van der Waals surface area contributed by atoms with Crippen LogP contribution in [0.1, 0.15) is 28.4 Å². The summed E-state index contributed by atoms with van der Waals surface area (Å²) in [5, 5.41) is 0. The van der Waals surface area contributed by atoms with E-state index in [0.29, 0.717) is 12.1 Å². The number of hydrogen-bond acceptors (Lipinski definition) is 5. The molecule has 5 heteroatoms. The number of aryl methyl sites for hydroxylation is 1. The van der Waals surface area contributed by atoms with Gasteiger partial charge in [-0.3, -0.25) is 14.4 Å².